The lowest BCUT2D eigenvalue weighted by Gasteiger charge is -2.59. The second-order valence-corrected chi connectivity index (χ2v) is 16.3. The second-order valence-electron chi connectivity index (χ2n) is 14.4. The Morgan fingerprint density at radius 1 is 0.896 bits per heavy atom. The Labute approximate surface area is 284 Å². The van der Waals surface area contributed by atoms with Gasteiger partial charge in [0, 0.05) is 45.9 Å². The van der Waals surface area contributed by atoms with Gasteiger partial charge < -0.3 is 14.2 Å². The molecule has 4 aliphatic rings. The normalized spacial score (nSPS) is 24.2. The number of fused-ring (bicyclic) bond motifs is 3. The monoisotopic (exact) mass is 675 g/mol. The summed E-state index contributed by atoms with van der Waals surface area (Å²) in [5.41, 5.74) is 1.94. The summed E-state index contributed by atoms with van der Waals surface area (Å²) >= 11 is 0. The van der Waals surface area contributed by atoms with Crippen molar-refractivity contribution in [1.29, 1.82) is 0 Å². The maximum atomic E-state index is 13.0. The van der Waals surface area contributed by atoms with E-state index in [-0.39, 0.29) is 34.2 Å². The van der Waals surface area contributed by atoms with E-state index in [4.69, 9.17) is 9.47 Å². The fraction of sp³-hybridized carbons (Fsp3) is 0.450. The van der Waals surface area contributed by atoms with Gasteiger partial charge in [0.15, 0.2) is 27.5 Å². The first-order valence-electron chi connectivity index (χ1n) is 16.8. The summed E-state index contributed by atoms with van der Waals surface area (Å²) in [6.07, 6.45) is 6.31. The average molecular weight is 676 g/mol. The van der Waals surface area contributed by atoms with Gasteiger partial charge in [-0.15, -0.1) is 0 Å². The lowest BCUT2D eigenvalue weighted by Crippen LogP contribution is -2.58. The number of carbonyl (C=O) groups is 2. The quantitative estimate of drug-likeness (QED) is 0.106. The van der Waals surface area contributed by atoms with Crippen LogP contribution in [0.5, 0.6) is 5.75 Å². The molecule has 4 aromatic rings. The highest BCUT2D eigenvalue weighted by molar-refractivity contribution is 7.50. The van der Waals surface area contributed by atoms with Crippen molar-refractivity contribution >= 4 is 42.6 Å². The molecule has 4 aliphatic carbocycles. The molecule has 0 aliphatic heterocycles. The molecule has 4 fully saturated rings. The van der Waals surface area contributed by atoms with E-state index in [1.165, 1.54) is 64.1 Å². The summed E-state index contributed by atoms with van der Waals surface area (Å²) in [5, 5.41) is 2.66. The van der Waals surface area contributed by atoms with Gasteiger partial charge in [-0.2, -0.15) is 0 Å². The fourth-order valence-corrected chi connectivity index (χ4v) is 10.9. The van der Waals surface area contributed by atoms with Crippen LogP contribution >= 0.6 is 10.5 Å². The third-order valence-corrected chi connectivity index (χ3v) is 12.7. The number of carbonyl (C=O) groups excluding carboxylic acids is 2. The number of aryl methyl sites for hydroxylation is 2. The molecule has 0 N–H and O–H groups in total. The maximum Gasteiger partial charge on any atom is 0.344 e. The van der Waals surface area contributed by atoms with Crippen LogP contribution < -0.4 is 4.74 Å². The van der Waals surface area contributed by atoms with Crippen LogP contribution in [0.1, 0.15) is 64.0 Å². The van der Waals surface area contributed by atoms with E-state index < -0.39 is 18.5 Å². The van der Waals surface area contributed by atoms with E-state index in [0.29, 0.717) is 18.8 Å². The number of ether oxygens (including phenoxy) is 3. The number of hydrogen-bond acceptors (Lipinski definition) is 5. The Morgan fingerprint density at radius 2 is 1.40 bits per heavy atom. The van der Waals surface area contributed by atoms with Crippen molar-refractivity contribution in [3.63, 3.8) is 0 Å². The largest absolute Gasteiger partial charge is 0.481 e. The fourth-order valence-electron chi connectivity index (χ4n) is 8.37. The summed E-state index contributed by atoms with van der Waals surface area (Å²) in [6.45, 7) is 10.8. The van der Waals surface area contributed by atoms with Gasteiger partial charge in [-0.25, -0.2) is 18.4 Å². The van der Waals surface area contributed by atoms with Gasteiger partial charge in [0.05, 0.1) is 0 Å². The number of benzene rings is 3. The number of alkyl halides is 2. The molecule has 4 saturated carbocycles. The molecule has 1 aromatic heterocycles. The zero-order valence-corrected chi connectivity index (χ0v) is 29.3. The molecule has 254 valence electrons. The molecule has 8 rings (SSSR count). The zero-order chi connectivity index (χ0) is 34.4. The van der Waals surface area contributed by atoms with Crippen LogP contribution in [0.25, 0.3) is 25.1 Å². The highest BCUT2D eigenvalue weighted by Gasteiger charge is 2.57. The first kappa shape index (κ1) is 34.1. The van der Waals surface area contributed by atoms with Gasteiger partial charge in [0.25, 0.3) is 5.92 Å². The topological polar surface area (TPSA) is 61.8 Å². The van der Waals surface area contributed by atoms with Gasteiger partial charge in [-0.05, 0) is 119 Å². The number of esters is 2. The molecule has 8 heteroatoms. The Morgan fingerprint density at radius 3 is 1.88 bits per heavy atom. The Balaban J connectivity index is 0.000000316. The van der Waals surface area contributed by atoms with Crippen LogP contribution in [-0.4, -0.2) is 36.7 Å². The highest BCUT2D eigenvalue weighted by atomic mass is 32.2. The predicted molar refractivity (Wildman–Crippen MR) is 188 cm³/mol. The van der Waals surface area contributed by atoms with Crippen LogP contribution in [0.15, 0.2) is 72.8 Å². The summed E-state index contributed by atoms with van der Waals surface area (Å²) in [6, 6.07) is 22.0. The Kier molecular flexibility index (Phi) is 9.42. The first-order valence-corrected chi connectivity index (χ1v) is 18.0. The number of halogens is 2. The summed E-state index contributed by atoms with van der Waals surface area (Å²) in [5.74, 6) is -0.416. The van der Waals surface area contributed by atoms with Gasteiger partial charge in [-0.1, -0.05) is 30.8 Å². The van der Waals surface area contributed by atoms with E-state index in [1.54, 1.807) is 0 Å². The SMILES string of the molecule is C=C(C)C(=O)OCC(C)(F)F.Cc1cc(-[s+]2c3ccccc3c3ccccc32)cc(C)c1OCC(=O)OC1(C)C2CC3CC(C2)CC1C3. The molecule has 0 atom stereocenters. The van der Waals surface area contributed by atoms with Crippen molar-refractivity contribution in [2.75, 3.05) is 13.2 Å². The van der Waals surface area contributed by atoms with Crippen LogP contribution in [0.2, 0.25) is 0 Å². The minimum atomic E-state index is -2.97. The van der Waals surface area contributed by atoms with Gasteiger partial charge >= 0.3 is 11.9 Å². The van der Waals surface area contributed by atoms with E-state index in [9.17, 15) is 18.4 Å². The summed E-state index contributed by atoms with van der Waals surface area (Å²) in [7, 11) is -0.142. The van der Waals surface area contributed by atoms with E-state index in [1.807, 2.05) is 0 Å². The Bertz CT molecular complexity index is 1760. The molecular formula is C40H45F2O5S+. The van der Waals surface area contributed by atoms with E-state index in [2.05, 4.69) is 92.8 Å². The van der Waals surface area contributed by atoms with Crippen LogP contribution in [0, 0.1) is 37.5 Å². The molecular weight excluding hydrogens is 630 g/mol. The average Bonchev–Trinajstić information content (AvgIpc) is 3.36. The number of hydrogen-bond donors (Lipinski definition) is 0. The minimum Gasteiger partial charge on any atom is -0.481 e. The first-order chi connectivity index (χ1) is 22.7. The van der Waals surface area contributed by atoms with E-state index in [0.717, 1.165) is 28.7 Å². The van der Waals surface area contributed by atoms with Crippen LogP contribution in [-0.2, 0) is 19.1 Å². The maximum absolute atomic E-state index is 13.0. The number of rotatable bonds is 8. The lowest BCUT2D eigenvalue weighted by atomic mass is 9.50. The molecule has 3 aromatic carbocycles. The molecule has 0 spiro atoms. The van der Waals surface area contributed by atoms with Crippen LogP contribution in [0.4, 0.5) is 8.78 Å². The zero-order valence-electron chi connectivity index (χ0n) is 28.4. The molecule has 0 unspecified atom stereocenters. The molecule has 48 heavy (non-hydrogen) atoms. The summed E-state index contributed by atoms with van der Waals surface area (Å²) in [4.78, 5) is 24.9. The van der Waals surface area contributed by atoms with Crippen molar-refractivity contribution in [1.82, 2.24) is 0 Å². The predicted octanol–water partition coefficient (Wildman–Crippen LogP) is 10.2. The third-order valence-electron chi connectivity index (χ3n) is 10.4. The lowest BCUT2D eigenvalue weighted by molar-refractivity contribution is -0.204. The molecule has 5 nitrogen and oxygen atoms in total. The Hall–Kier alpha value is -3.78. The number of thiophene rings is 1. The highest BCUT2D eigenvalue weighted by Crippen LogP contribution is 2.59. The molecule has 1 heterocycles. The van der Waals surface area contributed by atoms with Gasteiger partial charge in [0.1, 0.15) is 11.4 Å². The third kappa shape index (κ3) is 6.87. The smallest absolute Gasteiger partial charge is 0.344 e. The van der Waals surface area contributed by atoms with Crippen molar-refractivity contribution in [3.05, 3.63) is 83.9 Å². The summed E-state index contributed by atoms with van der Waals surface area (Å²) < 4.78 is 43.4. The molecule has 0 radical (unpaired) electrons. The van der Waals surface area contributed by atoms with Crippen molar-refractivity contribution in [2.24, 2.45) is 23.7 Å². The van der Waals surface area contributed by atoms with Crippen molar-refractivity contribution in [3.8, 4) is 10.6 Å². The molecule has 4 bridgehead atoms. The second kappa shape index (κ2) is 13.3. The van der Waals surface area contributed by atoms with Gasteiger partial charge in [0.2, 0.25) is 0 Å². The van der Waals surface area contributed by atoms with Crippen LogP contribution in [0.3, 0.4) is 0 Å². The molecule has 0 amide bonds. The minimum absolute atomic E-state index is 0.0275. The van der Waals surface area contributed by atoms with E-state index >= 15 is 0 Å². The standard InChI is InChI=1S/C33H35O3S.C7H10F2O2/c1-20-12-26(37-29-10-6-4-8-27(29)28-9-5-7-11-30(28)37)13-21(2)32(20)35-19-31(34)36-33(3)24-15-22-14-23(17-24)18-25(33)16-22;1-5(2)6(10)11-4-7(3,8)9/h4-13,22-25H,14-19H2,1-3H3;1,4H2,2-3H3/q+1;. The molecule has 0 saturated heterocycles. The van der Waals surface area contributed by atoms with Crippen molar-refractivity contribution in [2.45, 2.75) is 78.2 Å². The van der Waals surface area contributed by atoms with Crippen molar-refractivity contribution < 1.29 is 32.6 Å². The van der Waals surface area contributed by atoms with Gasteiger partial charge in [-0.3, -0.25) is 0 Å².